The van der Waals surface area contributed by atoms with Crippen LogP contribution in [-0.4, -0.2) is 25.7 Å². The Morgan fingerprint density at radius 2 is 1.63 bits per heavy atom. The van der Waals surface area contributed by atoms with E-state index in [-0.39, 0.29) is 10.9 Å². The van der Waals surface area contributed by atoms with Crippen molar-refractivity contribution in [3.8, 4) is 11.5 Å². The van der Waals surface area contributed by atoms with Gasteiger partial charge in [-0.25, -0.2) is 0 Å². The molecule has 0 aliphatic carbocycles. The summed E-state index contributed by atoms with van der Waals surface area (Å²) in [4.78, 5) is 4.47. The molecule has 0 aliphatic rings. The van der Waals surface area contributed by atoms with Crippen molar-refractivity contribution in [1.29, 1.82) is 0 Å². The van der Waals surface area contributed by atoms with E-state index in [2.05, 4.69) is 43.2 Å². The lowest BCUT2D eigenvalue weighted by Crippen LogP contribution is -2.16. The first-order chi connectivity index (χ1) is 14.3. The molecule has 7 heteroatoms. The second kappa shape index (κ2) is 9.17. The highest BCUT2D eigenvalue weighted by Gasteiger charge is 2.34. The summed E-state index contributed by atoms with van der Waals surface area (Å²) in [5, 5.41) is 3.20. The van der Waals surface area contributed by atoms with E-state index in [9.17, 15) is 4.57 Å². The second-order valence-electron chi connectivity index (χ2n) is 8.02. The Labute approximate surface area is 178 Å². The van der Waals surface area contributed by atoms with Crippen LogP contribution in [0.15, 0.2) is 59.0 Å². The molecule has 3 aromatic rings. The molecule has 0 unspecified atom stereocenters. The van der Waals surface area contributed by atoms with E-state index in [1.807, 2.05) is 42.5 Å². The normalized spacial score (nSPS) is 12.2. The Morgan fingerprint density at radius 1 is 1.00 bits per heavy atom. The summed E-state index contributed by atoms with van der Waals surface area (Å²) in [5.41, 5.74) is 3.38. The van der Waals surface area contributed by atoms with Gasteiger partial charge in [0.2, 0.25) is 17.2 Å². The Morgan fingerprint density at radius 3 is 2.20 bits per heavy atom. The number of rotatable bonds is 8. The first-order valence-electron chi connectivity index (χ1n) is 9.88. The number of anilines is 1. The molecule has 0 bridgehead atoms. The Hall–Kier alpha value is -2.40. The van der Waals surface area contributed by atoms with Crippen molar-refractivity contribution < 1.29 is 18.0 Å². The van der Waals surface area contributed by atoms with Crippen LogP contribution >= 0.6 is 7.60 Å². The third kappa shape index (κ3) is 5.01. The van der Waals surface area contributed by atoms with Gasteiger partial charge in [0.15, 0.2) is 0 Å². The number of oxazole rings is 1. The van der Waals surface area contributed by atoms with Gasteiger partial charge in [0.05, 0.1) is 0 Å². The summed E-state index contributed by atoms with van der Waals surface area (Å²) in [6.45, 7) is 7.07. The molecule has 0 spiro atoms. The Bertz CT molecular complexity index is 1000. The van der Waals surface area contributed by atoms with Crippen molar-refractivity contribution in [2.45, 2.75) is 32.6 Å². The lowest BCUT2D eigenvalue weighted by molar-refractivity contribution is 0.286. The quantitative estimate of drug-likeness (QED) is 0.484. The topological polar surface area (TPSA) is 73.6 Å². The number of benzene rings is 2. The molecule has 1 aromatic heterocycles. The summed E-state index contributed by atoms with van der Waals surface area (Å²) in [5.74, 6) is 0.662. The van der Waals surface area contributed by atoms with Gasteiger partial charge in [-0.2, -0.15) is 4.98 Å². The van der Waals surface area contributed by atoms with E-state index < -0.39 is 7.60 Å². The smallest absolute Gasteiger partial charge is 0.384 e. The van der Waals surface area contributed by atoms with E-state index in [0.717, 1.165) is 12.0 Å². The highest BCUT2D eigenvalue weighted by atomic mass is 31.2. The first kappa shape index (κ1) is 22.3. The van der Waals surface area contributed by atoms with E-state index in [0.29, 0.717) is 18.3 Å². The van der Waals surface area contributed by atoms with Gasteiger partial charge < -0.3 is 18.8 Å². The summed E-state index contributed by atoms with van der Waals surface area (Å²) in [6.07, 6.45) is 0.779. The van der Waals surface area contributed by atoms with Crippen LogP contribution in [-0.2, 0) is 25.4 Å². The molecule has 0 fully saturated rings. The number of hydrogen-bond donors (Lipinski definition) is 1. The molecule has 0 amide bonds. The van der Waals surface area contributed by atoms with Gasteiger partial charge in [-0.15, -0.1) is 0 Å². The van der Waals surface area contributed by atoms with Crippen LogP contribution in [0.3, 0.4) is 0 Å². The van der Waals surface area contributed by atoms with Crippen LogP contribution < -0.4 is 10.8 Å². The standard InChI is InChI=1S/C23H29N2O4P/c1-23(2,3)19-13-11-18(12-14-19)20-25-22(30(26,27-4)28-5)21(29-20)24-16-15-17-9-7-6-8-10-17/h6-14,24H,15-16H2,1-5H3. The van der Waals surface area contributed by atoms with Crippen molar-refractivity contribution in [1.82, 2.24) is 4.98 Å². The van der Waals surface area contributed by atoms with E-state index in [1.54, 1.807) is 0 Å². The fraction of sp³-hybridized carbons (Fsp3) is 0.348. The minimum Gasteiger partial charge on any atom is -0.420 e. The minimum atomic E-state index is -3.59. The third-order valence-electron chi connectivity index (χ3n) is 4.89. The lowest BCUT2D eigenvalue weighted by Gasteiger charge is -2.18. The van der Waals surface area contributed by atoms with Crippen LogP contribution in [0.25, 0.3) is 11.5 Å². The molecule has 0 aliphatic heterocycles. The number of nitrogens with one attached hydrogen (secondary N) is 1. The monoisotopic (exact) mass is 428 g/mol. The van der Waals surface area contributed by atoms with Crippen LogP contribution in [0.1, 0.15) is 31.9 Å². The van der Waals surface area contributed by atoms with Crippen molar-refractivity contribution in [3.63, 3.8) is 0 Å². The van der Waals surface area contributed by atoms with Crippen molar-refractivity contribution in [3.05, 3.63) is 65.7 Å². The molecule has 1 heterocycles. The van der Waals surface area contributed by atoms with Crippen molar-refractivity contribution in [2.75, 3.05) is 26.1 Å². The fourth-order valence-corrected chi connectivity index (χ4v) is 4.14. The molecular formula is C23H29N2O4P. The van der Waals surface area contributed by atoms with Crippen molar-refractivity contribution >= 4 is 18.9 Å². The highest BCUT2D eigenvalue weighted by Crippen LogP contribution is 2.47. The number of aromatic nitrogens is 1. The molecule has 30 heavy (non-hydrogen) atoms. The molecule has 0 saturated carbocycles. The van der Waals surface area contributed by atoms with Gasteiger partial charge in [-0.3, -0.25) is 4.57 Å². The largest absolute Gasteiger partial charge is 0.420 e. The summed E-state index contributed by atoms with van der Waals surface area (Å²) in [6, 6.07) is 18.1. The number of hydrogen-bond acceptors (Lipinski definition) is 6. The van der Waals surface area contributed by atoms with Gasteiger partial charge >= 0.3 is 7.60 Å². The zero-order chi connectivity index (χ0) is 21.8. The molecule has 0 atom stereocenters. The predicted molar refractivity (Wildman–Crippen MR) is 121 cm³/mol. The maximum absolute atomic E-state index is 13.0. The van der Waals surface area contributed by atoms with Gasteiger partial charge in [-0.05, 0) is 35.1 Å². The zero-order valence-electron chi connectivity index (χ0n) is 18.1. The van der Waals surface area contributed by atoms with Crippen LogP contribution in [0.5, 0.6) is 0 Å². The average molecular weight is 428 g/mol. The van der Waals surface area contributed by atoms with Crippen molar-refractivity contribution in [2.24, 2.45) is 0 Å². The molecule has 1 N–H and O–H groups in total. The maximum atomic E-state index is 13.0. The van der Waals surface area contributed by atoms with Crippen LogP contribution in [0, 0.1) is 0 Å². The summed E-state index contributed by atoms with van der Waals surface area (Å²) < 4.78 is 29.3. The summed E-state index contributed by atoms with van der Waals surface area (Å²) in [7, 11) is -0.911. The molecule has 2 aromatic carbocycles. The third-order valence-corrected chi connectivity index (χ3v) is 6.67. The molecule has 6 nitrogen and oxygen atoms in total. The molecule has 160 valence electrons. The average Bonchev–Trinajstić information content (AvgIpc) is 3.18. The van der Waals surface area contributed by atoms with E-state index in [4.69, 9.17) is 13.5 Å². The SMILES string of the molecule is COP(=O)(OC)c1nc(-c2ccc(C(C)(C)C)cc2)oc1NCCc1ccccc1. The number of nitrogens with zero attached hydrogens (tertiary/aromatic N) is 1. The van der Waals surface area contributed by atoms with Gasteiger partial charge in [0.25, 0.3) is 0 Å². The predicted octanol–water partition coefficient (Wildman–Crippen LogP) is 5.40. The Kier molecular flexibility index (Phi) is 6.81. The second-order valence-corrected chi connectivity index (χ2v) is 10.2. The Balaban J connectivity index is 1.89. The van der Waals surface area contributed by atoms with Gasteiger partial charge in [0.1, 0.15) is 0 Å². The lowest BCUT2D eigenvalue weighted by atomic mass is 9.87. The summed E-state index contributed by atoms with van der Waals surface area (Å²) >= 11 is 0. The maximum Gasteiger partial charge on any atom is 0.384 e. The fourth-order valence-electron chi connectivity index (χ4n) is 3.06. The molecule has 3 rings (SSSR count). The van der Waals surface area contributed by atoms with Crippen LogP contribution in [0.4, 0.5) is 5.88 Å². The molecule has 0 saturated heterocycles. The van der Waals surface area contributed by atoms with Crippen LogP contribution in [0.2, 0.25) is 0 Å². The molecular weight excluding hydrogens is 399 g/mol. The minimum absolute atomic E-state index is 0.0479. The molecule has 0 radical (unpaired) electrons. The van der Waals surface area contributed by atoms with E-state index in [1.165, 1.54) is 25.3 Å². The highest BCUT2D eigenvalue weighted by molar-refractivity contribution is 7.62. The van der Waals surface area contributed by atoms with Gasteiger partial charge in [0, 0.05) is 26.3 Å². The van der Waals surface area contributed by atoms with E-state index >= 15 is 0 Å². The zero-order valence-corrected chi connectivity index (χ0v) is 19.0. The first-order valence-corrected chi connectivity index (χ1v) is 11.4. The van der Waals surface area contributed by atoms with Gasteiger partial charge in [-0.1, -0.05) is 63.2 Å².